The van der Waals surface area contributed by atoms with Crippen LogP contribution in [-0.4, -0.2) is 23.9 Å². The Hall–Kier alpha value is -2.69. The molecule has 5 heteroatoms. The van der Waals surface area contributed by atoms with Gasteiger partial charge in [-0.3, -0.25) is 9.69 Å². The fourth-order valence-corrected chi connectivity index (χ4v) is 4.70. The van der Waals surface area contributed by atoms with Crippen LogP contribution in [0, 0.1) is 18.7 Å². The summed E-state index contributed by atoms with van der Waals surface area (Å²) in [5.74, 6) is -0.180. The minimum atomic E-state index is -0.245. The van der Waals surface area contributed by atoms with Gasteiger partial charge in [0.1, 0.15) is 5.82 Å². The Morgan fingerprint density at radius 3 is 2.59 bits per heavy atom. The van der Waals surface area contributed by atoms with E-state index in [1.54, 1.807) is 0 Å². The summed E-state index contributed by atoms with van der Waals surface area (Å²) in [4.78, 5) is 15.4. The topological polar surface area (TPSA) is 32.3 Å². The van der Waals surface area contributed by atoms with Crippen LogP contribution in [0.3, 0.4) is 0 Å². The highest BCUT2D eigenvalue weighted by atomic mass is 35.5. The van der Waals surface area contributed by atoms with Crippen molar-refractivity contribution in [3.8, 4) is 0 Å². The lowest BCUT2D eigenvalue weighted by molar-refractivity contribution is -0.127. The number of amides is 1. The quantitative estimate of drug-likeness (QED) is 0.521. The number of halogens is 2. The van der Waals surface area contributed by atoms with Crippen LogP contribution in [-0.2, 0) is 17.9 Å². The molecule has 0 saturated carbocycles. The number of rotatable bonds is 6. The second kappa shape index (κ2) is 10.3. The molecular weight excluding hydrogens is 423 g/mol. The predicted molar refractivity (Wildman–Crippen MR) is 127 cm³/mol. The molecule has 3 aromatic rings. The minimum Gasteiger partial charge on any atom is -0.352 e. The molecule has 3 nitrogen and oxygen atoms in total. The third-order valence-electron chi connectivity index (χ3n) is 6.14. The molecule has 0 aliphatic carbocycles. The number of carbonyl (C=O) groups is 1. The molecule has 1 aliphatic heterocycles. The highest BCUT2D eigenvalue weighted by molar-refractivity contribution is 6.31. The summed E-state index contributed by atoms with van der Waals surface area (Å²) in [6, 6.07) is 22.7. The van der Waals surface area contributed by atoms with Crippen LogP contribution in [0.15, 0.2) is 72.8 Å². The van der Waals surface area contributed by atoms with E-state index in [0.717, 1.165) is 34.7 Å². The number of nitrogens with one attached hydrogen (secondary N) is 1. The molecule has 0 radical (unpaired) electrons. The number of aryl methyl sites for hydroxylation is 1. The number of hydrogen-bond acceptors (Lipinski definition) is 2. The Kier molecular flexibility index (Phi) is 7.23. The molecule has 0 spiro atoms. The van der Waals surface area contributed by atoms with E-state index in [2.05, 4.69) is 16.3 Å². The minimum absolute atomic E-state index is 0.0578. The summed E-state index contributed by atoms with van der Waals surface area (Å²) in [6.45, 7) is 4.72. The van der Waals surface area contributed by atoms with E-state index >= 15 is 0 Å². The molecule has 1 amide bonds. The Morgan fingerprint density at radius 1 is 1.06 bits per heavy atom. The molecule has 0 aromatic heterocycles. The van der Waals surface area contributed by atoms with Gasteiger partial charge in [-0.1, -0.05) is 71.8 Å². The SMILES string of the molecule is Cc1cccc(CNC(=O)C2CC(c3ccc(F)cc3)CN(Cc3ccccc3Cl)C2)c1. The van der Waals surface area contributed by atoms with Crippen molar-refractivity contribution < 1.29 is 9.18 Å². The second-order valence-electron chi connectivity index (χ2n) is 8.67. The molecule has 1 N–H and O–H groups in total. The van der Waals surface area contributed by atoms with Crippen molar-refractivity contribution in [3.63, 3.8) is 0 Å². The number of piperidine rings is 1. The Balaban J connectivity index is 1.49. The van der Waals surface area contributed by atoms with Gasteiger partial charge in [0, 0.05) is 31.2 Å². The number of hydrogen-bond donors (Lipinski definition) is 1. The third-order valence-corrected chi connectivity index (χ3v) is 6.51. The van der Waals surface area contributed by atoms with E-state index in [-0.39, 0.29) is 23.6 Å². The Morgan fingerprint density at radius 2 is 1.84 bits per heavy atom. The lowest BCUT2D eigenvalue weighted by Crippen LogP contribution is -2.45. The zero-order valence-corrected chi connectivity index (χ0v) is 19.0. The molecule has 1 aliphatic rings. The first-order valence-electron chi connectivity index (χ1n) is 11.0. The lowest BCUT2D eigenvalue weighted by Gasteiger charge is -2.37. The van der Waals surface area contributed by atoms with Crippen molar-refractivity contribution in [2.75, 3.05) is 13.1 Å². The van der Waals surface area contributed by atoms with Crippen LogP contribution in [0.4, 0.5) is 4.39 Å². The van der Waals surface area contributed by atoms with Crippen molar-refractivity contribution in [2.45, 2.75) is 32.4 Å². The summed E-state index contributed by atoms with van der Waals surface area (Å²) < 4.78 is 13.5. The van der Waals surface area contributed by atoms with Gasteiger partial charge < -0.3 is 5.32 Å². The van der Waals surface area contributed by atoms with Crippen LogP contribution in [0.25, 0.3) is 0 Å². The zero-order chi connectivity index (χ0) is 22.5. The summed E-state index contributed by atoms with van der Waals surface area (Å²) in [5.41, 5.74) is 4.38. The molecule has 3 aromatic carbocycles. The summed E-state index contributed by atoms with van der Waals surface area (Å²) >= 11 is 6.40. The molecule has 1 heterocycles. The molecule has 0 bridgehead atoms. The molecular formula is C27H28ClFN2O. The fraction of sp³-hybridized carbons (Fsp3) is 0.296. The second-order valence-corrected chi connectivity index (χ2v) is 9.08. The van der Waals surface area contributed by atoms with Crippen molar-refractivity contribution >= 4 is 17.5 Å². The number of likely N-dealkylation sites (tertiary alicyclic amines) is 1. The van der Waals surface area contributed by atoms with Crippen LogP contribution < -0.4 is 5.32 Å². The average Bonchev–Trinajstić information content (AvgIpc) is 2.79. The predicted octanol–water partition coefficient (Wildman–Crippen LogP) is 5.71. The largest absolute Gasteiger partial charge is 0.352 e. The molecule has 4 rings (SSSR count). The number of nitrogens with zero attached hydrogens (tertiary/aromatic N) is 1. The molecule has 1 saturated heterocycles. The molecule has 166 valence electrons. The van der Waals surface area contributed by atoms with Crippen molar-refractivity contribution in [1.29, 1.82) is 0 Å². The van der Waals surface area contributed by atoms with Crippen LogP contribution in [0.5, 0.6) is 0 Å². The van der Waals surface area contributed by atoms with E-state index < -0.39 is 0 Å². The third kappa shape index (κ3) is 5.76. The molecule has 1 fully saturated rings. The summed E-state index contributed by atoms with van der Waals surface area (Å²) in [7, 11) is 0. The van der Waals surface area contributed by atoms with Crippen LogP contribution in [0.1, 0.15) is 34.6 Å². The monoisotopic (exact) mass is 450 g/mol. The van der Waals surface area contributed by atoms with Gasteiger partial charge in [0.15, 0.2) is 0 Å². The Labute approximate surface area is 194 Å². The van der Waals surface area contributed by atoms with Gasteiger partial charge in [-0.2, -0.15) is 0 Å². The number of benzene rings is 3. The maximum atomic E-state index is 13.5. The maximum absolute atomic E-state index is 13.5. The molecule has 2 atom stereocenters. The highest BCUT2D eigenvalue weighted by Gasteiger charge is 2.32. The fourth-order valence-electron chi connectivity index (χ4n) is 4.51. The van der Waals surface area contributed by atoms with Gasteiger partial charge in [-0.05, 0) is 54.2 Å². The highest BCUT2D eigenvalue weighted by Crippen LogP contribution is 2.32. The van der Waals surface area contributed by atoms with E-state index in [0.29, 0.717) is 19.6 Å². The van der Waals surface area contributed by atoms with Crippen LogP contribution >= 0.6 is 11.6 Å². The smallest absolute Gasteiger partial charge is 0.224 e. The Bertz CT molecular complexity index is 1070. The average molecular weight is 451 g/mol. The molecule has 2 unspecified atom stereocenters. The van der Waals surface area contributed by atoms with Gasteiger partial charge in [-0.25, -0.2) is 4.39 Å². The van der Waals surface area contributed by atoms with Gasteiger partial charge >= 0.3 is 0 Å². The number of carbonyl (C=O) groups excluding carboxylic acids is 1. The van der Waals surface area contributed by atoms with E-state index in [1.165, 1.54) is 17.7 Å². The van der Waals surface area contributed by atoms with Gasteiger partial charge in [0.25, 0.3) is 0 Å². The van der Waals surface area contributed by atoms with Gasteiger partial charge in [0.05, 0.1) is 5.92 Å². The standard InChI is InChI=1S/C27H28ClFN2O/c1-19-5-4-6-20(13-19)15-30-27(32)24-14-23(21-9-11-25(29)12-10-21)17-31(18-24)16-22-7-2-3-8-26(22)28/h2-13,23-24H,14-18H2,1H3,(H,30,32). The van der Waals surface area contributed by atoms with E-state index in [1.807, 2.05) is 61.5 Å². The molecule has 32 heavy (non-hydrogen) atoms. The first-order valence-corrected chi connectivity index (χ1v) is 11.4. The van der Waals surface area contributed by atoms with Crippen LogP contribution in [0.2, 0.25) is 5.02 Å². The zero-order valence-electron chi connectivity index (χ0n) is 18.2. The first kappa shape index (κ1) is 22.5. The summed E-state index contributed by atoms with van der Waals surface area (Å²) in [6.07, 6.45) is 0.740. The maximum Gasteiger partial charge on any atom is 0.224 e. The van der Waals surface area contributed by atoms with Crippen molar-refractivity contribution in [1.82, 2.24) is 10.2 Å². The van der Waals surface area contributed by atoms with Crippen molar-refractivity contribution in [3.05, 3.63) is 106 Å². The van der Waals surface area contributed by atoms with E-state index in [4.69, 9.17) is 11.6 Å². The lowest BCUT2D eigenvalue weighted by atomic mass is 9.83. The van der Waals surface area contributed by atoms with Gasteiger partial charge in [-0.15, -0.1) is 0 Å². The first-order chi connectivity index (χ1) is 15.5. The van der Waals surface area contributed by atoms with Crippen molar-refractivity contribution in [2.24, 2.45) is 5.92 Å². The normalized spacial score (nSPS) is 19.0. The van der Waals surface area contributed by atoms with Gasteiger partial charge in [0.2, 0.25) is 5.91 Å². The summed E-state index contributed by atoms with van der Waals surface area (Å²) in [5, 5.41) is 3.85. The van der Waals surface area contributed by atoms with E-state index in [9.17, 15) is 9.18 Å².